The van der Waals surface area contributed by atoms with E-state index >= 15 is 0 Å². The van der Waals surface area contributed by atoms with Gasteiger partial charge in [0.05, 0.1) is 0 Å². The minimum Gasteiger partial charge on any atom is -0.350 e. The van der Waals surface area contributed by atoms with Crippen molar-refractivity contribution in [2.24, 2.45) is 5.92 Å². The molecule has 0 saturated heterocycles. The molecule has 0 bridgehead atoms. The minimum absolute atomic E-state index is 0.0282. The van der Waals surface area contributed by atoms with Gasteiger partial charge in [0.2, 0.25) is 5.91 Å². The van der Waals surface area contributed by atoms with Crippen molar-refractivity contribution in [2.75, 3.05) is 0 Å². The lowest BCUT2D eigenvalue weighted by Gasteiger charge is -2.14. The Morgan fingerprint density at radius 3 is 2.85 bits per heavy atom. The summed E-state index contributed by atoms with van der Waals surface area (Å²) in [7, 11) is 0. The molecule has 2 atom stereocenters. The Kier molecular flexibility index (Phi) is 4.00. The molecule has 2 heteroatoms. The molecule has 1 amide bonds. The predicted molar refractivity (Wildman–Crippen MR) is 54.4 cm³/mol. The first-order valence-corrected chi connectivity index (χ1v) is 5.15. The zero-order valence-corrected chi connectivity index (χ0v) is 8.38. The average molecular weight is 181 g/mol. The van der Waals surface area contributed by atoms with Crippen LogP contribution in [0, 0.1) is 5.92 Å². The van der Waals surface area contributed by atoms with E-state index in [9.17, 15) is 4.79 Å². The predicted octanol–water partition coefficient (Wildman–Crippen LogP) is 2.26. The van der Waals surface area contributed by atoms with Crippen molar-refractivity contribution in [1.29, 1.82) is 0 Å². The third-order valence-electron chi connectivity index (χ3n) is 2.79. The molecule has 13 heavy (non-hydrogen) atoms. The molecule has 1 fully saturated rings. The summed E-state index contributed by atoms with van der Waals surface area (Å²) in [5.74, 6) is 0.796. The van der Waals surface area contributed by atoms with Gasteiger partial charge < -0.3 is 5.32 Å². The quantitative estimate of drug-likeness (QED) is 0.514. The molecular weight excluding hydrogens is 162 g/mol. The van der Waals surface area contributed by atoms with E-state index in [1.54, 1.807) is 0 Å². The van der Waals surface area contributed by atoms with Crippen LogP contribution in [0.4, 0.5) is 0 Å². The van der Waals surface area contributed by atoms with E-state index in [1.165, 1.54) is 25.3 Å². The third kappa shape index (κ3) is 3.62. The molecule has 1 saturated carbocycles. The lowest BCUT2D eigenvalue weighted by molar-refractivity contribution is -0.117. The number of carbonyl (C=O) groups is 1. The van der Waals surface area contributed by atoms with E-state index in [2.05, 4.69) is 18.8 Å². The Bertz CT molecular complexity index is 189. The summed E-state index contributed by atoms with van der Waals surface area (Å²) in [5, 5.41) is 2.97. The first-order valence-electron chi connectivity index (χ1n) is 5.15. The monoisotopic (exact) mass is 181 g/mol. The van der Waals surface area contributed by atoms with E-state index < -0.39 is 0 Å². The molecule has 1 aliphatic carbocycles. The van der Waals surface area contributed by atoms with Gasteiger partial charge in [0.1, 0.15) is 0 Å². The Balaban J connectivity index is 2.33. The van der Waals surface area contributed by atoms with Crippen molar-refractivity contribution in [1.82, 2.24) is 5.32 Å². The number of hydrogen-bond acceptors (Lipinski definition) is 1. The Morgan fingerprint density at radius 1 is 1.38 bits per heavy atom. The maximum absolute atomic E-state index is 11.0. The van der Waals surface area contributed by atoms with Gasteiger partial charge in [-0.3, -0.25) is 4.79 Å². The van der Waals surface area contributed by atoms with Crippen LogP contribution in [-0.2, 0) is 4.79 Å². The number of carbonyl (C=O) groups excluding carboxylic acids is 1. The molecule has 0 spiro atoms. The van der Waals surface area contributed by atoms with Crippen molar-refractivity contribution >= 4 is 5.91 Å². The average Bonchev–Trinajstić information content (AvgIpc) is 2.31. The Labute approximate surface area is 80.4 Å². The highest BCUT2D eigenvalue weighted by Crippen LogP contribution is 2.22. The van der Waals surface area contributed by atoms with E-state index in [4.69, 9.17) is 0 Å². The molecule has 1 N–H and O–H groups in total. The van der Waals surface area contributed by atoms with Gasteiger partial charge in [-0.25, -0.2) is 0 Å². The van der Waals surface area contributed by atoms with E-state index in [-0.39, 0.29) is 5.91 Å². The van der Waals surface area contributed by atoms with Crippen molar-refractivity contribution < 1.29 is 4.79 Å². The Morgan fingerprint density at radius 2 is 2.15 bits per heavy atom. The van der Waals surface area contributed by atoms with Gasteiger partial charge in [0, 0.05) is 6.04 Å². The fourth-order valence-electron chi connectivity index (χ4n) is 1.89. The van der Waals surface area contributed by atoms with E-state index in [0.717, 1.165) is 18.8 Å². The van der Waals surface area contributed by atoms with Crippen LogP contribution in [0.2, 0.25) is 0 Å². The number of amides is 1. The molecule has 1 rings (SSSR count). The first-order chi connectivity index (χ1) is 6.22. The van der Waals surface area contributed by atoms with Crippen LogP contribution in [0.25, 0.3) is 0 Å². The molecule has 0 heterocycles. The summed E-state index contributed by atoms with van der Waals surface area (Å²) in [4.78, 5) is 11.0. The fourth-order valence-corrected chi connectivity index (χ4v) is 1.89. The molecule has 0 aromatic carbocycles. The molecule has 0 radical (unpaired) electrons. The highest BCUT2D eigenvalue weighted by molar-refractivity contribution is 5.87. The number of nitrogens with one attached hydrogen (secondary N) is 1. The molecular formula is C11H19NO. The van der Waals surface area contributed by atoms with Crippen LogP contribution < -0.4 is 5.32 Å². The van der Waals surface area contributed by atoms with Crippen LogP contribution in [0.3, 0.4) is 0 Å². The maximum Gasteiger partial charge on any atom is 0.243 e. The number of hydrogen-bond donors (Lipinski definition) is 1. The van der Waals surface area contributed by atoms with Crippen molar-refractivity contribution in [2.45, 2.75) is 45.1 Å². The van der Waals surface area contributed by atoms with E-state index in [0.29, 0.717) is 6.04 Å². The fraction of sp³-hybridized carbons (Fsp3) is 0.727. The van der Waals surface area contributed by atoms with Gasteiger partial charge >= 0.3 is 0 Å². The second-order valence-electron chi connectivity index (χ2n) is 4.02. The molecule has 0 aliphatic heterocycles. The zero-order valence-electron chi connectivity index (χ0n) is 8.38. The number of rotatable bonds is 2. The van der Waals surface area contributed by atoms with Crippen molar-refractivity contribution in [3.63, 3.8) is 0 Å². The van der Waals surface area contributed by atoms with E-state index in [1.807, 2.05) is 0 Å². The topological polar surface area (TPSA) is 29.1 Å². The second kappa shape index (κ2) is 5.05. The molecule has 2 unspecified atom stereocenters. The lowest BCUT2D eigenvalue weighted by atomic mass is 10.0. The smallest absolute Gasteiger partial charge is 0.243 e. The minimum atomic E-state index is -0.0282. The van der Waals surface area contributed by atoms with Gasteiger partial charge in [-0.05, 0) is 31.3 Å². The zero-order chi connectivity index (χ0) is 9.68. The van der Waals surface area contributed by atoms with Crippen molar-refractivity contribution in [3.8, 4) is 0 Å². The largest absolute Gasteiger partial charge is 0.350 e. The van der Waals surface area contributed by atoms with Crippen LogP contribution in [0.15, 0.2) is 12.7 Å². The van der Waals surface area contributed by atoms with Crippen molar-refractivity contribution in [3.05, 3.63) is 12.7 Å². The highest BCUT2D eigenvalue weighted by atomic mass is 16.1. The first kappa shape index (κ1) is 10.3. The van der Waals surface area contributed by atoms with Gasteiger partial charge in [0.15, 0.2) is 0 Å². The molecule has 0 aromatic heterocycles. The van der Waals surface area contributed by atoms with Crippen LogP contribution in [0.1, 0.15) is 39.0 Å². The van der Waals surface area contributed by atoms with Gasteiger partial charge in [-0.2, -0.15) is 0 Å². The van der Waals surface area contributed by atoms with Gasteiger partial charge in [0.25, 0.3) is 0 Å². The highest BCUT2D eigenvalue weighted by Gasteiger charge is 2.16. The summed E-state index contributed by atoms with van der Waals surface area (Å²) >= 11 is 0. The molecule has 2 nitrogen and oxygen atoms in total. The summed E-state index contributed by atoms with van der Waals surface area (Å²) in [5.41, 5.74) is 0. The summed E-state index contributed by atoms with van der Waals surface area (Å²) in [6.07, 6.45) is 7.39. The van der Waals surface area contributed by atoms with Gasteiger partial charge in [-0.1, -0.05) is 26.3 Å². The Hall–Kier alpha value is -0.790. The summed E-state index contributed by atoms with van der Waals surface area (Å²) in [6.45, 7) is 5.74. The summed E-state index contributed by atoms with van der Waals surface area (Å²) < 4.78 is 0. The molecule has 1 aliphatic rings. The third-order valence-corrected chi connectivity index (χ3v) is 2.79. The SMILES string of the molecule is C=CC(=O)NC1CCCC(C)CC1. The van der Waals surface area contributed by atoms with Gasteiger partial charge in [-0.15, -0.1) is 0 Å². The van der Waals surface area contributed by atoms with Crippen LogP contribution in [-0.4, -0.2) is 11.9 Å². The molecule has 74 valence electrons. The standard InChI is InChI=1S/C11H19NO/c1-3-11(13)12-10-6-4-5-9(2)7-8-10/h3,9-10H,1,4-8H2,2H3,(H,12,13). The lowest BCUT2D eigenvalue weighted by Crippen LogP contribution is -2.32. The normalized spacial score (nSPS) is 29.0. The summed E-state index contributed by atoms with van der Waals surface area (Å²) in [6, 6.07) is 0.385. The molecule has 0 aromatic rings. The second-order valence-corrected chi connectivity index (χ2v) is 4.02. The van der Waals surface area contributed by atoms with Crippen LogP contribution >= 0.6 is 0 Å². The maximum atomic E-state index is 11.0. The van der Waals surface area contributed by atoms with Crippen LogP contribution in [0.5, 0.6) is 0 Å².